The first-order chi connectivity index (χ1) is 15.5. The molecule has 2 aromatic rings. The van der Waals surface area contributed by atoms with E-state index in [1.54, 1.807) is 0 Å². The third-order valence-corrected chi connectivity index (χ3v) is 8.51. The van der Waals surface area contributed by atoms with Crippen LogP contribution in [-0.2, 0) is 4.79 Å². The molecule has 0 atom stereocenters. The Morgan fingerprint density at radius 2 is 1.53 bits per heavy atom. The fourth-order valence-corrected chi connectivity index (χ4v) is 7.58. The van der Waals surface area contributed by atoms with Crippen molar-refractivity contribution in [3.05, 3.63) is 29.6 Å². The van der Waals surface area contributed by atoms with Crippen LogP contribution >= 0.6 is 0 Å². The lowest BCUT2D eigenvalue weighted by Crippen LogP contribution is -2.52. The molecule has 4 bridgehead atoms. The molecule has 0 spiro atoms. The van der Waals surface area contributed by atoms with Gasteiger partial charge < -0.3 is 9.80 Å². The number of aryl methyl sites for hydroxylation is 2. The number of anilines is 1. The van der Waals surface area contributed by atoms with E-state index in [4.69, 9.17) is 0 Å². The summed E-state index contributed by atoms with van der Waals surface area (Å²) in [6, 6.07) is 6.04. The fraction of sp³-hybridized carbons (Fsp3) is 0.680. The van der Waals surface area contributed by atoms with Gasteiger partial charge in [0.1, 0.15) is 0 Å². The highest BCUT2D eigenvalue weighted by molar-refractivity contribution is 5.77. The van der Waals surface area contributed by atoms with E-state index in [1.807, 2.05) is 36.7 Å². The molecule has 5 fully saturated rings. The van der Waals surface area contributed by atoms with Crippen molar-refractivity contribution >= 4 is 11.7 Å². The van der Waals surface area contributed by atoms with Crippen LogP contribution in [0.1, 0.15) is 56.3 Å². The van der Waals surface area contributed by atoms with Gasteiger partial charge in [-0.15, -0.1) is 10.2 Å². The number of nitrogens with zero attached hydrogens (tertiary/aromatic N) is 6. The van der Waals surface area contributed by atoms with Gasteiger partial charge in [0.25, 0.3) is 0 Å². The topological polar surface area (TPSA) is 67.2 Å². The first-order valence-electron chi connectivity index (χ1n) is 12.4. The van der Waals surface area contributed by atoms with Gasteiger partial charge in [0.15, 0.2) is 11.6 Å². The minimum atomic E-state index is 0.327. The second kappa shape index (κ2) is 7.56. The Bertz CT molecular complexity index is 969. The molecule has 0 unspecified atom stereocenters. The van der Waals surface area contributed by atoms with Crippen molar-refractivity contribution in [3.63, 3.8) is 0 Å². The molecule has 7 rings (SSSR count). The Balaban J connectivity index is 1.06. The van der Waals surface area contributed by atoms with Gasteiger partial charge >= 0.3 is 0 Å². The van der Waals surface area contributed by atoms with E-state index in [0.717, 1.165) is 73.4 Å². The van der Waals surface area contributed by atoms with Crippen LogP contribution in [0.15, 0.2) is 18.2 Å². The molecular weight excluding hydrogens is 400 g/mol. The van der Waals surface area contributed by atoms with Gasteiger partial charge in [-0.1, -0.05) is 0 Å². The molecule has 1 saturated heterocycles. The molecule has 32 heavy (non-hydrogen) atoms. The Hall–Kier alpha value is -2.44. The predicted octanol–water partition coefficient (Wildman–Crippen LogP) is 3.53. The Morgan fingerprint density at radius 1 is 0.938 bits per heavy atom. The Morgan fingerprint density at radius 3 is 2.06 bits per heavy atom. The van der Waals surface area contributed by atoms with Crippen LogP contribution in [0.5, 0.6) is 0 Å². The van der Waals surface area contributed by atoms with Crippen molar-refractivity contribution in [2.45, 2.75) is 58.8 Å². The largest absolute Gasteiger partial charge is 0.352 e. The van der Waals surface area contributed by atoms with Gasteiger partial charge in [-0.2, -0.15) is 5.10 Å². The van der Waals surface area contributed by atoms with Gasteiger partial charge in [-0.05, 0) is 93.7 Å². The molecule has 2 aromatic heterocycles. The van der Waals surface area contributed by atoms with Crippen LogP contribution in [0.3, 0.4) is 0 Å². The van der Waals surface area contributed by atoms with Crippen molar-refractivity contribution in [2.24, 2.45) is 23.2 Å². The van der Waals surface area contributed by atoms with Crippen LogP contribution in [0.2, 0.25) is 0 Å². The summed E-state index contributed by atoms with van der Waals surface area (Å²) in [4.78, 5) is 17.6. The molecule has 170 valence electrons. The van der Waals surface area contributed by atoms with Crippen LogP contribution in [0.25, 0.3) is 5.82 Å². The van der Waals surface area contributed by atoms with Crippen molar-refractivity contribution in [1.82, 2.24) is 24.9 Å². The molecule has 1 aliphatic heterocycles. The van der Waals surface area contributed by atoms with E-state index in [9.17, 15) is 4.79 Å². The molecule has 7 heteroatoms. The smallest absolute Gasteiger partial charge is 0.223 e. The van der Waals surface area contributed by atoms with E-state index in [-0.39, 0.29) is 0 Å². The molecule has 1 amide bonds. The van der Waals surface area contributed by atoms with Gasteiger partial charge in [0.2, 0.25) is 5.91 Å². The van der Waals surface area contributed by atoms with Crippen molar-refractivity contribution in [1.29, 1.82) is 0 Å². The zero-order chi connectivity index (χ0) is 21.9. The summed E-state index contributed by atoms with van der Waals surface area (Å²) in [5.74, 6) is 4.72. The lowest BCUT2D eigenvalue weighted by molar-refractivity contribution is -0.139. The number of amides is 1. The normalized spacial score (nSPS) is 31.4. The number of carbonyl (C=O) groups is 1. The number of hydrogen-bond donors (Lipinski definition) is 0. The SMILES string of the molecule is Cc1cc(C)n(-c2ccc(N3CCN(C(=O)CC45CC6CC(CC(C6)C4)C5)CC3)nn2)n1. The number of carbonyl (C=O) groups excluding carboxylic acids is 1. The standard InChI is InChI=1S/C25H34N6O/c1-17-9-18(2)31(28-17)23-4-3-22(26-27-23)29-5-7-30(8-6-29)24(32)16-25-13-19-10-20(14-25)12-21(11-19)15-25/h3-4,9,19-21H,5-8,10-16H2,1-2H3. The van der Waals surface area contributed by atoms with Crippen LogP contribution < -0.4 is 4.90 Å². The van der Waals surface area contributed by atoms with Crippen molar-refractivity contribution in [3.8, 4) is 5.82 Å². The third-order valence-electron chi connectivity index (χ3n) is 8.51. The molecule has 7 nitrogen and oxygen atoms in total. The van der Waals surface area contributed by atoms with Gasteiger partial charge in [0.05, 0.1) is 5.69 Å². The fourth-order valence-electron chi connectivity index (χ4n) is 7.58. The van der Waals surface area contributed by atoms with E-state index in [2.05, 4.69) is 25.1 Å². The highest BCUT2D eigenvalue weighted by atomic mass is 16.2. The lowest BCUT2D eigenvalue weighted by Gasteiger charge is -2.57. The first-order valence-corrected chi connectivity index (χ1v) is 12.4. The zero-order valence-corrected chi connectivity index (χ0v) is 19.3. The zero-order valence-electron chi connectivity index (χ0n) is 19.3. The average Bonchev–Trinajstić information content (AvgIpc) is 3.10. The van der Waals surface area contributed by atoms with Crippen LogP contribution in [0, 0.1) is 37.0 Å². The summed E-state index contributed by atoms with van der Waals surface area (Å²) in [7, 11) is 0. The van der Waals surface area contributed by atoms with Gasteiger partial charge in [0, 0.05) is 38.3 Å². The van der Waals surface area contributed by atoms with Crippen molar-refractivity contribution in [2.75, 3.05) is 31.1 Å². The summed E-state index contributed by atoms with van der Waals surface area (Å²) in [5.41, 5.74) is 2.35. The van der Waals surface area contributed by atoms with E-state index in [0.29, 0.717) is 11.3 Å². The summed E-state index contributed by atoms with van der Waals surface area (Å²) in [6.07, 6.45) is 9.02. The number of aromatic nitrogens is 4. The Kier molecular flexibility index (Phi) is 4.77. The Labute approximate surface area is 190 Å². The quantitative estimate of drug-likeness (QED) is 0.736. The monoisotopic (exact) mass is 434 g/mol. The predicted molar refractivity (Wildman–Crippen MR) is 123 cm³/mol. The maximum Gasteiger partial charge on any atom is 0.223 e. The lowest BCUT2D eigenvalue weighted by atomic mass is 9.49. The maximum absolute atomic E-state index is 13.2. The van der Waals surface area contributed by atoms with E-state index in [1.165, 1.54) is 38.5 Å². The molecular formula is C25H34N6O. The summed E-state index contributed by atoms with van der Waals surface area (Å²) < 4.78 is 1.83. The van der Waals surface area contributed by atoms with E-state index >= 15 is 0 Å². The molecule has 5 aliphatic rings. The number of rotatable bonds is 4. The van der Waals surface area contributed by atoms with Crippen LogP contribution in [0.4, 0.5) is 5.82 Å². The van der Waals surface area contributed by atoms with E-state index < -0.39 is 0 Å². The number of hydrogen-bond acceptors (Lipinski definition) is 5. The molecule has 0 radical (unpaired) electrons. The van der Waals surface area contributed by atoms with Crippen molar-refractivity contribution < 1.29 is 4.79 Å². The molecule has 0 N–H and O–H groups in total. The molecule has 3 heterocycles. The average molecular weight is 435 g/mol. The summed E-state index contributed by atoms with van der Waals surface area (Å²) in [5, 5.41) is 13.3. The van der Waals surface area contributed by atoms with Crippen LogP contribution in [-0.4, -0.2) is 57.0 Å². The number of piperazine rings is 1. The summed E-state index contributed by atoms with van der Waals surface area (Å²) >= 11 is 0. The highest BCUT2D eigenvalue weighted by Gasteiger charge is 2.51. The minimum Gasteiger partial charge on any atom is -0.352 e. The first kappa shape index (κ1) is 20.2. The second-order valence-corrected chi connectivity index (χ2v) is 11.1. The molecule has 4 saturated carbocycles. The highest BCUT2D eigenvalue weighted by Crippen LogP contribution is 2.61. The maximum atomic E-state index is 13.2. The van der Waals surface area contributed by atoms with Gasteiger partial charge in [-0.3, -0.25) is 4.79 Å². The third kappa shape index (κ3) is 3.59. The summed E-state index contributed by atoms with van der Waals surface area (Å²) in [6.45, 7) is 7.21. The molecule has 0 aromatic carbocycles. The second-order valence-electron chi connectivity index (χ2n) is 11.1. The van der Waals surface area contributed by atoms with Gasteiger partial charge in [-0.25, -0.2) is 4.68 Å². The minimum absolute atomic E-state index is 0.327. The molecule has 4 aliphatic carbocycles.